The Morgan fingerprint density at radius 3 is 2.82 bits per heavy atom. The summed E-state index contributed by atoms with van der Waals surface area (Å²) in [6.45, 7) is 0.521. The summed E-state index contributed by atoms with van der Waals surface area (Å²) in [6, 6.07) is 9.11. The molecule has 3 N–H and O–H groups in total. The van der Waals surface area contributed by atoms with Crippen LogP contribution in [-0.4, -0.2) is 5.84 Å². The van der Waals surface area contributed by atoms with Gasteiger partial charge in [0.25, 0.3) is 0 Å². The van der Waals surface area contributed by atoms with E-state index in [2.05, 4.69) is 0 Å². The van der Waals surface area contributed by atoms with Gasteiger partial charge in [0.1, 0.15) is 18.2 Å². The Bertz CT molecular complexity index is 525. The van der Waals surface area contributed by atoms with E-state index in [1.807, 2.05) is 17.5 Å². The Balaban J connectivity index is 2.07. The SMILES string of the molecule is N=C(N)c1ccc(OCc2cccs2)cc1Cl. The fourth-order valence-electron chi connectivity index (χ4n) is 1.35. The van der Waals surface area contributed by atoms with Crippen molar-refractivity contribution >= 4 is 28.8 Å². The molecule has 3 nitrogen and oxygen atoms in total. The van der Waals surface area contributed by atoms with Gasteiger partial charge in [-0.15, -0.1) is 11.3 Å². The molecule has 0 amide bonds. The molecule has 5 heteroatoms. The van der Waals surface area contributed by atoms with Crippen molar-refractivity contribution in [1.29, 1.82) is 5.41 Å². The molecule has 1 aromatic heterocycles. The van der Waals surface area contributed by atoms with Crippen molar-refractivity contribution in [1.82, 2.24) is 0 Å². The normalized spacial score (nSPS) is 10.2. The quantitative estimate of drug-likeness (QED) is 0.659. The zero-order valence-corrected chi connectivity index (χ0v) is 10.5. The lowest BCUT2D eigenvalue weighted by atomic mass is 10.2. The molecule has 0 aliphatic rings. The van der Waals surface area contributed by atoms with Crippen LogP contribution < -0.4 is 10.5 Å². The van der Waals surface area contributed by atoms with Gasteiger partial charge in [-0.2, -0.15) is 0 Å². The molecular formula is C12H11ClN2OS. The predicted octanol–water partition coefficient (Wildman–Crippen LogP) is 3.26. The van der Waals surface area contributed by atoms with Gasteiger partial charge in [-0.3, -0.25) is 5.41 Å². The molecule has 88 valence electrons. The molecule has 0 saturated carbocycles. The summed E-state index contributed by atoms with van der Waals surface area (Å²) in [5, 5.41) is 9.75. The lowest BCUT2D eigenvalue weighted by molar-refractivity contribution is 0.310. The summed E-state index contributed by atoms with van der Waals surface area (Å²) >= 11 is 7.63. The van der Waals surface area contributed by atoms with Gasteiger partial charge in [0.05, 0.1) is 5.02 Å². The van der Waals surface area contributed by atoms with E-state index >= 15 is 0 Å². The van der Waals surface area contributed by atoms with Crippen molar-refractivity contribution in [3.63, 3.8) is 0 Å². The highest BCUT2D eigenvalue weighted by Crippen LogP contribution is 2.23. The predicted molar refractivity (Wildman–Crippen MR) is 71.1 cm³/mol. The molecule has 0 aliphatic carbocycles. The first-order valence-electron chi connectivity index (χ1n) is 4.96. The topological polar surface area (TPSA) is 59.1 Å². The number of thiophene rings is 1. The first kappa shape index (κ1) is 12.0. The Morgan fingerprint density at radius 2 is 2.24 bits per heavy atom. The zero-order valence-electron chi connectivity index (χ0n) is 8.94. The van der Waals surface area contributed by atoms with Crippen LogP contribution in [0.25, 0.3) is 0 Å². The number of benzene rings is 1. The molecule has 2 aromatic rings. The largest absolute Gasteiger partial charge is 0.488 e. The third-order valence-electron chi connectivity index (χ3n) is 2.19. The van der Waals surface area contributed by atoms with Crippen molar-refractivity contribution in [3.8, 4) is 5.75 Å². The summed E-state index contributed by atoms with van der Waals surface area (Å²) in [4.78, 5) is 1.15. The molecule has 2 rings (SSSR count). The van der Waals surface area contributed by atoms with Crippen molar-refractivity contribution in [2.24, 2.45) is 5.73 Å². The number of hydrogen-bond acceptors (Lipinski definition) is 3. The molecule has 0 aliphatic heterocycles. The van der Waals surface area contributed by atoms with Crippen LogP contribution in [0.15, 0.2) is 35.7 Å². The number of nitrogens with two attached hydrogens (primary N) is 1. The van der Waals surface area contributed by atoms with Crippen LogP contribution in [0.3, 0.4) is 0 Å². The van der Waals surface area contributed by atoms with Gasteiger partial charge in [0.15, 0.2) is 0 Å². The minimum Gasteiger partial charge on any atom is -0.488 e. The van der Waals surface area contributed by atoms with E-state index < -0.39 is 0 Å². The fraction of sp³-hybridized carbons (Fsp3) is 0.0833. The maximum Gasteiger partial charge on any atom is 0.124 e. The van der Waals surface area contributed by atoms with E-state index in [9.17, 15) is 0 Å². The maximum absolute atomic E-state index is 7.32. The maximum atomic E-state index is 7.32. The smallest absolute Gasteiger partial charge is 0.124 e. The van der Waals surface area contributed by atoms with Crippen LogP contribution in [0.2, 0.25) is 5.02 Å². The molecule has 0 radical (unpaired) electrons. The highest BCUT2D eigenvalue weighted by Gasteiger charge is 2.05. The van der Waals surface area contributed by atoms with Crippen molar-refractivity contribution < 1.29 is 4.74 Å². The van der Waals surface area contributed by atoms with Gasteiger partial charge in [0, 0.05) is 10.4 Å². The highest BCUT2D eigenvalue weighted by atomic mass is 35.5. The number of nitrogens with one attached hydrogen (secondary N) is 1. The second-order valence-corrected chi connectivity index (χ2v) is 4.86. The highest BCUT2D eigenvalue weighted by molar-refractivity contribution is 7.09. The van der Waals surface area contributed by atoms with Crippen molar-refractivity contribution in [2.75, 3.05) is 0 Å². The van der Waals surface area contributed by atoms with Crippen LogP contribution in [-0.2, 0) is 6.61 Å². The second-order valence-electron chi connectivity index (χ2n) is 3.42. The number of halogens is 1. The Labute approximate surface area is 108 Å². The minimum absolute atomic E-state index is 0.0418. The van der Waals surface area contributed by atoms with Crippen molar-refractivity contribution in [3.05, 3.63) is 51.2 Å². The van der Waals surface area contributed by atoms with E-state index in [-0.39, 0.29) is 5.84 Å². The number of hydrogen-bond donors (Lipinski definition) is 2. The number of nitrogen functional groups attached to an aromatic ring is 1. The monoisotopic (exact) mass is 266 g/mol. The molecular weight excluding hydrogens is 256 g/mol. The zero-order chi connectivity index (χ0) is 12.3. The lowest BCUT2D eigenvalue weighted by Gasteiger charge is -2.07. The third-order valence-corrected chi connectivity index (χ3v) is 3.35. The number of rotatable bonds is 4. The Kier molecular flexibility index (Phi) is 3.66. The van der Waals surface area contributed by atoms with Crippen LogP contribution in [0.5, 0.6) is 5.75 Å². The summed E-state index contributed by atoms with van der Waals surface area (Å²) in [5.41, 5.74) is 5.90. The standard InChI is InChI=1S/C12H11ClN2OS/c13-11-6-8(3-4-10(11)12(14)15)16-7-9-2-1-5-17-9/h1-6H,7H2,(H3,14,15). The van der Waals surface area contributed by atoms with Crippen LogP contribution in [0, 0.1) is 5.41 Å². The van der Waals surface area contributed by atoms with Gasteiger partial charge >= 0.3 is 0 Å². The first-order valence-corrected chi connectivity index (χ1v) is 6.21. The Morgan fingerprint density at radius 1 is 1.41 bits per heavy atom. The van der Waals surface area contributed by atoms with E-state index in [1.165, 1.54) is 0 Å². The molecule has 0 fully saturated rings. The fourth-order valence-corrected chi connectivity index (χ4v) is 2.24. The number of ether oxygens (including phenoxy) is 1. The molecule has 0 bridgehead atoms. The minimum atomic E-state index is -0.0418. The van der Waals surface area contributed by atoms with Gasteiger partial charge < -0.3 is 10.5 Å². The molecule has 0 saturated heterocycles. The average Bonchev–Trinajstić information content (AvgIpc) is 2.78. The lowest BCUT2D eigenvalue weighted by Crippen LogP contribution is -2.11. The first-order chi connectivity index (χ1) is 8.16. The van der Waals surface area contributed by atoms with Gasteiger partial charge in [0.2, 0.25) is 0 Å². The van der Waals surface area contributed by atoms with Gasteiger partial charge in [-0.05, 0) is 29.6 Å². The second kappa shape index (κ2) is 5.21. The molecule has 1 heterocycles. The summed E-state index contributed by atoms with van der Waals surface area (Å²) in [5.74, 6) is 0.633. The molecule has 17 heavy (non-hydrogen) atoms. The average molecular weight is 267 g/mol. The third kappa shape index (κ3) is 2.99. The summed E-state index contributed by atoms with van der Waals surface area (Å²) in [6.07, 6.45) is 0. The van der Waals surface area contributed by atoms with E-state index in [1.54, 1.807) is 29.5 Å². The number of amidine groups is 1. The summed E-state index contributed by atoms with van der Waals surface area (Å²) < 4.78 is 5.58. The summed E-state index contributed by atoms with van der Waals surface area (Å²) in [7, 11) is 0. The van der Waals surface area contributed by atoms with E-state index in [0.717, 1.165) is 4.88 Å². The Hall–Kier alpha value is -1.52. The van der Waals surface area contributed by atoms with Crippen LogP contribution in [0.1, 0.15) is 10.4 Å². The molecule has 0 unspecified atom stereocenters. The molecule has 0 atom stereocenters. The molecule has 0 spiro atoms. The van der Waals surface area contributed by atoms with Crippen LogP contribution in [0.4, 0.5) is 0 Å². The van der Waals surface area contributed by atoms with E-state index in [4.69, 9.17) is 27.5 Å². The van der Waals surface area contributed by atoms with Gasteiger partial charge in [-0.25, -0.2) is 0 Å². The van der Waals surface area contributed by atoms with E-state index in [0.29, 0.717) is 22.9 Å². The molecule has 1 aromatic carbocycles. The van der Waals surface area contributed by atoms with Crippen molar-refractivity contribution in [2.45, 2.75) is 6.61 Å². The van der Waals surface area contributed by atoms with Crippen LogP contribution >= 0.6 is 22.9 Å². The van der Waals surface area contributed by atoms with Gasteiger partial charge in [-0.1, -0.05) is 17.7 Å².